The highest BCUT2D eigenvalue weighted by molar-refractivity contribution is 6.28. The van der Waals surface area contributed by atoms with Crippen molar-refractivity contribution in [3.8, 4) is 0 Å². The lowest BCUT2D eigenvalue weighted by molar-refractivity contribution is 0.384. The number of anilines is 1. The summed E-state index contributed by atoms with van der Waals surface area (Å²) in [6.07, 6.45) is 1.67. The third kappa shape index (κ3) is 2.49. The van der Waals surface area contributed by atoms with E-state index in [1.807, 2.05) is 19.9 Å². The van der Waals surface area contributed by atoms with Crippen LogP contribution in [0, 0.1) is 13.8 Å². The van der Waals surface area contributed by atoms with Crippen LogP contribution in [-0.2, 0) is 6.54 Å². The highest BCUT2D eigenvalue weighted by atomic mass is 35.5. The number of nitrogens with zero attached hydrogens (tertiary/aromatic N) is 3. The Morgan fingerprint density at radius 3 is 2.94 bits per heavy atom. The minimum atomic E-state index is 0.224. The normalized spacial score (nSPS) is 10.4. The molecule has 0 saturated carbocycles. The average molecular weight is 239 g/mol. The molecule has 2 aromatic rings. The lowest BCUT2D eigenvalue weighted by Gasteiger charge is -2.05. The second-order valence-corrected chi connectivity index (χ2v) is 3.80. The Kier molecular flexibility index (Phi) is 3.05. The van der Waals surface area contributed by atoms with E-state index in [1.54, 1.807) is 6.20 Å². The first-order chi connectivity index (χ1) is 7.65. The average Bonchev–Trinajstić information content (AvgIpc) is 2.66. The van der Waals surface area contributed by atoms with Gasteiger partial charge >= 0.3 is 0 Å². The maximum Gasteiger partial charge on any atom is 0.224 e. The molecule has 0 unspecified atom stereocenters. The second kappa shape index (κ2) is 4.49. The smallest absolute Gasteiger partial charge is 0.224 e. The largest absolute Gasteiger partial charge is 0.362 e. The minimum Gasteiger partial charge on any atom is -0.362 e. The van der Waals surface area contributed by atoms with Gasteiger partial charge in [-0.25, -0.2) is 9.97 Å². The first kappa shape index (κ1) is 10.9. The van der Waals surface area contributed by atoms with E-state index in [9.17, 15) is 0 Å². The van der Waals surface area contributed by atoms with Crippen molar-refractivity contribution in [3.63, 3.8) is 0 Å². The fourth-order valence-corrected chi connectivity index (χ4v) is 1.40. The van der Waals surface area contributed by atoms with Gasteiger partial charge in [0.2, 0.25) is 5.28 Å². The fraction of sp³-hybridized carbons (Fsp3) is 0.300. The summed E-state index contributed by atoms with van der Waals surface area (Å²) >= 11 is 5.70. The summed E-state index contributed by atoms with van der Waals surface area (Å²) in [5, 5.41) is 7.13. The van der Waals surface area contributed by atoms with E-state index in [-0.39, 0.29) is 5.28 Å². The Morgan fingerprint density at radius 1 is 1.44 bits per heavy atom. The molecule has 0 spiro atoms. The third-order valence-corrected chi connectivity index (χ3v) is 2.23. The zero-order valence-corrected chi connectivity index (χ0v) is 9.75. The van der Waals surface area contributed by atoms with Crippen LogP contribution in [0.1, 0.15) is 17.0 Å². The van der Waals surface area contributed by atoms with Gasteiger partial charge in [0.05, 0.1) is 12.2 Å². The van der Waals surface area contributed by atoms with Gasteiger partial charge in [0.15, 0.2) is 5.76 Å². The molecule has 1 N–H and O–H groups in total. The van der Waals surface area contributed by atoms with E-state index in [1.165, 1.54) is 0 Å². The van der Waals surface area contributed by atoms with Crippen molar-refractivity contribution in [2.45, 2.75) is 20.4 Å². The van der Waals surface area contributed by atoms with E-state index < -0.39 is 0 Å². The molecule has 0 saturated heterocycles. The van der Waals surface area contributed by atoms with E-state index in [0.29, 0.717) is 12.4 Å². The summed E-state index contributed by atoms with van der Waals surface area (Å²) in [6, 6.07) is 1.87. The first-order valence-corrected chi connectivity index (χ1v) is 5.18. The van der Waals surface area contributed by atoms with Crippen LogP contribution in [0.5, 0.6) is 0 Å². The molecule has 0 aliphatic carbocycles. The van der Waals surface area contributed by atoms with Crippen molar-refractivity contribution in [3.05, 3.63) is 34.6 Å². The van der Waals surface area contributed by atoms with Crippen LogP contribution >= 0.6 is 11.6 Å². The topological polar surface area (TPSA) is 63.8 Å². The maximum absolute atomic E-state index is 5.70. The Hall–Kier alpha value is -1.62. The van der Waals surface area contributed by atoms with Gasteiger partial charge in [-0.05, 0) is 25.4 Å². The van der Waals surface area contributed by atoms with E-state index in [2.05, 4.69) is 20.4 Å². The van der Waals surface area contributed by atoms with Crippen molar-refractivity contribution in [1.29, 1.82) is 0 Å². The molecule has 16 heavy (non-hydrogen) atoms. The van der Waals surface area contributed by atoms with Crippen molar-refractivity contribution >= 4 is 17.4 Å². The molecule has 2 heterocycles. The van der Waals surface area contributed by atoms with Gasteiger partial charge in [0, 0.05) is 17.8 Å². The molecule has 0 aromatic carbocycles. The third-order valence-electron chi connectivity index (χ3n) is 2.05. The Morgan fingerprint density at radius 2 is 2.25 bits per heavy atom. The SMILES string of the molecule is Cc1cc(CNc2nc(Cl)ncc2C)on1. The molecule has 2 rings (SSSR count). The van der Waals surface area contributed by atoms with Gasteiger partial charge in [-0.3, -0.25) is 0 Å². The molecule has 0 aliphatic rings. The molecule has 0 aliphatic heterocycles. The number of nitrogens with one attached hydrogen (secondary N) is 1. The molecule has 0 radical (unpaired) electrons. The quantitative estimate of drug-likeness (QED) is 0.832. The molecule has 0 fully saturated rings. The zero-order chi connectivity index (χ0) is 11.5. The summed E-state index contributed by atoms with van der Waals surface area (Å²) in [5.74, 6) is 1.46. The van der Waals surface area contributed by atoms with Gasteiger partial charge < -0.3 is 9.84 Å². The lowest BCUT2D eigenvalue weighted by Crippen LogP contribution is -2.03. The number of rotatable bonds is 3. The maximum atomic E-state index is 5.70. The second-order valence-electron chi connectivity index (χ2n) is 3.46. The molecule has 0 amide bonds. The summed E-state index contributed by atoms with van der Waals surface area (Å²) < 4.78 is 5.07. The fourth-order valence-electron chi connectivity index (χ4n) is 1.27. The van der Waals surface area contributed by atoms with Gasteiger partial charge in [-0.15, -0.1) is 0 Å². The Balaban J connectivity index is 2.07. The van der Waals surface area contributed by atoms with Crippen LogP contribution in [0.4, 0.5) is 5.82 Å². The van der Waals surface area contributed by atoms with E-state index >= 15 is 0 Å². The summed E-state index contributed by atoms with van der Waals surface area (Å²) in [6.45, 7) is 4.30. The van der Waals surface area contributed by atoms with Gasteiger partial charge in [0.25, 0.3) is 0 Å². The molecular weight excluding hydrogens is 228 g/mol. The van der Waals surface area contributed by atoms with Gasteiger partial charge in [-0.2, -0.15) is 0 Å². The van der Waals surface area contributed by atoms with Crippen molar-refractivity contribution in [2.24, 2.45) is 0 Å². The molecule has 6 heteroatoms. The van der Waals surface area contributed by atoms with E-state index in [4.69, 9.17) is 16.1 Å². The summed E-state index contributed by atoms with van der Waals surface area (Å²) in [7, 11) is 0. The van der Waals surface area contributed by atoms with Crippen LogP contribution in [0.2, 0.25) is 5.28 Å². The molecule has 0 bridgehead atoms. The minimum absolute atomic E-state index is 0.224. The van der Waals surface area contributed by atoms with Crippen LogP contribution in [-0.4, -0.2) is 15.1 Å². The van der Waals surface area contributed by atoms with Crippen LogP contribution in [0.3, 0.4) is 0 Å². The van der Waals surface area contributed by atoms with Crippen LogP contribution < -0.4 is 5.32 Å². The standard InChI is InChI=1S/C10H11ClN4O/c1-6-4-13-10(11)14-9(6)12-5-8-3-7(2)15-16-8/h3-4H,5H2,1-2H3,(H,12,13,14). The summed E-state index contributed by atoms with van der Waals surface area (Å²) in [4.78, 5) is 7.95. The van der Waals surface area contributed by atoms with Crippen molar-refractivity contribution in [1.82, 2.24) is 15.1 Å². The highest BCUT2D eigenvalue weighted by Crippen LogP contribution is 2.14. The molecule has 2 aromatic heterocycles. The summed E-state index contributed by atoms with van der Waals surface area (Å²) in [5.41, 5.74) is 1.79. The number of hydrogen-bond acceptors (Lipinski definition) is 5. The number of halogens is 1. The lowest BCUT2D eigenvalue weighted by atomic mass is 10.3. The predicted octanol–water partition coefficient (Wildman–Crippen LogP) is 2.35. The monoisotopic (exact) mass is 238 g/mol. The number of aromatic nitrogens is 3. The Bertz CT molecular complexity index is 497. The highest BCUT2D eigenvalue weighted by Gasteiger charge is 2.04. The van der Waals surface area contributed by atoms with Crippen LogP contribution in [0.15, 0.2) is 16.8 Å². The van der Waals surface area contributed by atoms with Gasteiger partial charge in [0.1, 0.15) is 5.82 Å². The first-order valence-electron chi connectivity index (χ1n) is 4.80. The molecule has 84 valence electrons. The van der Waals surface area contributed by atoms with Crippen molar-refractivity contribution < 1.29 is 4.52 Å². The molecule has 0 atom stereocenters. The number of hydrogen-bond donors (Lipinski definition) is 1. The van der Waals surface area contributed by atoms with Gasteiger partial charge in [-0.1, -0.05) is 5.16 Å². The van der Waals surface area contributed by atoms with Crippen molar-refractivity contribution in [2.75, 3.05) is 5.32 Å². The Labute approximate surface area is 97.8 Å². The zero-order valence-electron chi connectivity index (χ0n) is 8.99. The van der Waals surface area contributed by atoms with Crippen LogP contribution in [0.25, 0.3) is 0 Å². The molecular formula is C10H11ClN4O. The predicted molar refractivity (Wildman–Crippen MR) is 60.3 cm³/mol. The van der Waals surface area contributed by atoms with E-state index in [0.717, 1.165) is 17.0 Å². The number of aryl methyl sites for hydroxylation is 2. The molecule has 5 nitrogen and oxygen atoms in total.